The summed E-state index contributed by atoms with van der Waals surface area (Å²) in [5.74, 6) is -1.89. The average Bonchev–Trinajstić information content (AvgIpc) is 3.55. The zero-order valence-corrected chi connectivity index (χ0v) is 19.7. The zero-order valence-electron chi connectivity index (χ0n) is 19.7. The molecule has 1 aliphatic rings. The summed E-state index contributed by atoms with van der Waals surface area (Å²) in [6, 6.07) is 10.6. The van der Waals surface area contributed by atoms with Crippen molar-refractivity contribution in [3.63, 3.8) is 0 Å². The van der Waals surface area contributed by atoms with Gasteiger partial charge in [-0.2, -0.15) is 0 Å². The number of ether oxygens (including phenoxy) is 1. The van der Waals surface area contributed by atoms with Gasteiger partial charge in [0.1, 0.15) is 5.75 Å². The topological polar surface area (TPSA) is 104 Å². The predicted octanol–water partition coefficient (Wildman–Crippen LogP) is 5.12. The summed E-state index contributed by atoms with van der Waals surface area (Å²) < 4.78 is 34.4. The van der Waals surface area contributed by atoms with Crippen LogP contribution >= 0.6 is 0 Å². The highest BCUT2D eigenvalue weighted by Crippen LogP contribution is 2.30. The van der Waals surface area contributed by atoms with E-state index < -0.39 is 11.6 Å². The van der Waals surface area contributed by atoms with Crippen molar-refractivity contribution in [1.29, 1.82) is 5.41 Å². The lowest BCUT2D eigenvalue weighted by atomic mass is 10.0. The maximum absolute atomic E-state index is 13.7. The number of fused-ring (bicyclic) bond motifs is 1. The van der Waals surface area contributed by atoms with Crippen LogP contribution in [-0.4, -0.2) is 38.8 Å². The SMILES string of the molecule is CC(=N)CNc1cc(Oc2ccc(F)c(F)c2)nn2c(-c3ccc(C(=O)NC4CC4)c(C)c3)cnc12. The van der Waals surface area contributed by atoms with Gasteiger partial charge in [-0.3, -0.25) is 4.79 Å². The van der Waals surface area contributed by atoms with E-state index in [0.29, 0.717) is 28.3 Å². The van der Waals surface area contributed by atoms with Gasteiger partial charge in [-0.1, -0.05) is 6.07 Å². The second-order valence-corrected chi connectivity index (χ2v) is 8.86. The number of halogens is 2. The van der Waals surface area contributed by atoms with Crippen LogP contribution in [0.4, 0.5) is 14.5 Å². The smallest absolute Gasteiger partial charge is 0.251 e. The number of hydrogen-bond donors (Lipinski definition) is 3. The van der Waals surface area contributed by atoms with Crippen molar-refractivity contribution in [1.82, 2.24) is 19.9 Å². The first-order chi connectivity index (χ1) is 17.3. The van der Waals surface area contributed by atoms with Crippen LogP contribution in [0.5, 0.6) is 11.6 Å². The van der Waals surface area contributed by atoms with E-state index in [1.54, 1.807) is 29.8 Å². The Morgan fingerprint density at radius 1 is 1.17 bits per heavy atom. The molecule has 0 aliphatic heterocycles. The van der Waals surface area contributed by atoms with Crippen LogP contribution in [0.1, 0.15) is 35.7 Å². The second kappa shape index (κ2) is 9.37. The Balaban J connectivity index is 1.54. The van der Waals surface area contributed by atoms with Crippen molar-refractivity contribution in [2.75, 3.05) is 11.9 Å². The number of carbonyl (C=O) groups excluding carboxylic acids is 1. The Morgan fingerprint density at radius 2 is 1.97 bits per heavy atom. The molecule has 0 unspecified atom stereocenters. The number of carbonyl (C=O) groups is 1. The lowest BCUT2D eigenvalue weighted by Gasteiger charge is -2.12. The van der Waals surface area contributed by atoms with Gasteiger partial charge in [0, 0.05) is 35.0 Å². The molecule has 2 heterocycles. The van der Waals surface area contributed by atoms with Gasteiger partial charge in [-0.05, 0) is 56.5 Å². The van der Waals surface area contributed by atoms with E-state index in [1.165, 1.54) is 6.07 Å². The number of imidazole rings is 1. The molecule has 0 spiro atoms. The number of aromatic nitrogens is 3. The molecule has 1 amide bonds. The normalized spacial score (nSPS) is 13.0. The van der Waals surface area contributed by atoms with E-state index in [-0.39, 0.29) is 30.1 Å². The summed E-state index contributed by atoms with van der Waals surface area (Å²) in [6.45, 7) is 3.82. The van der Waals surface area contributed by atoms with Crippen molar-refractivity contribution < 1.29 is 18.3 Å². The lowest BCUT2D eigenvalue weighted by Crippen LogP contribution is -2.26. The van der Waals surface area contributed by atoms with Crippen molar-refractivity contribution >= 4 is 23.0 Å². The van der Waals surface area contributed by atoms with Crippen LogP contribution in [0.3, 0.4) is 0 Å². The summed E-state index contributed by atoms with van der Waals surface area (Å²) in [7, 11) is 0. The van der Waals surface area contributed by atoms with E-state index in [2.05, 4.69) is 20.7 Å². The Kier molecular flexibility index (Phi) is 6.09. The Labute approximate surface area is 205 Å². The van der Waals surface area contributed by atoms with Crippen LogP contribution in [-0.2, 0) is 0 Å². The Morgan fingerprint density at radius 3 is 2.67 bits per heavy atom. The van der Waals surface area contributed by atoms with Gasteiger partial charge in [-0.15, -0.1) is 5.10 Å². The molecule has 3 N–H and O–H groups in total. The fourth-order valence-corrected chi connectivity index (χ4v) is 3.78. The molecule has 5 rings (SSSR count). The third-order valence-electron chi connectivity index (χ3n) is 5.78. The number of hydrogen-bond acceptors (Lipinski definition) is 6. The number of aryl methyl sites for hydroxylation is 1. The first-order valence-electron chi connectivity index (χ1n) is 11.5. The van der Waals surface area contributed by atoms with E-state index in [0.717, 1.165) is 36.1 Å². The van der Waals surface area contributed by atoms with E-state index >= 15 is 0 Å². The first-order valence-corrected chi connectivity index (χ1v) is 11.5. The maximum Gasteiger partial charge on any atom is 0.251 e. The molecule has 1 aliphatic carbocycles. The summed E-state index contributed by atoms with van der Waals surface area (Å²) in [5.41, 5.74) is 4.32. The summed E-state index contributed by atoms with van der Waals surface area (Å²) in [6.07, 6.45) is 3.68. The molecule has 1 saturated carbocycles. The number of nitrogens with zero attached hydrogens (tertiary/aromatic N) is 3. The average molecular weight is 491 g/mol. The molecular formula is C26H24F2N6O2. The van der Waals surface area contributed by atoms with E-state index in [4.69, 9.17) is 10.1 Å². The van der Waals surface area contributed by atoms with Crippen LogP contribution in [0, 0.1) is 24.0 Å². The molecular weight excluding hydrogens is 466 g/mol. The molecule has 0 bridgehead atoms. The van der Waals surface area contributed by atoms with Crippen molar-refractivity contribution in [3.8, 4) is 22.9 Å². The third kappa shape index (κ3) is 4.88. The van der Waals surface area contributed by atoms with Crippen LogP contribution in [0.15, 0.2) is 48.7 Å². The Hall–Kier alpha value is -4.34. The standard InChI is InChI=1S/C26H24F2N6O2/c1-14-9-16(3-7-19(14)26(35)32-17-4-5-17)23-13-31-25-22(30-12-15(2)29)11-24(33-34(23)25)36-18-6-8-20(27)21(28)10-18/h3,6-11,13,17,29-30H,4-5,12H2,1-2H3,(H,32,35). The molecule has 0 atom stereocenters. The molecule has 2 aromatic heterocycles. The summed E-state index contributed by atoms with van der Waals surface area (Å²) >= 11 is 0. The molecule has 36 heavy (non-hydrogen) atoms. The molecule has 0 saturated heterocycles. The molecule has 8 nitrogen and oxygen atoms in total. The molecule has 0 radical (unpaired) electrons. The van der Waals surface area contributed by atoms with Gasteiger partial charge in [-0.25, -0.2) is 18.3 Å². The predicted molar refractivity (Wildman–Crippen MR) is 132 cm³/mol. The van der Waals surface area contributed by atoms with Crippen LogP contribution in [0.25, 0.3) is 16.9 Å². The minimum Gasteiger partial charge on any atom is -0.437 e. The molecule has 4 aromatic rings. The van der Waals surface area contributed by atoms with Gasteiger partial charge in [0.25, 0.3) is 5.91 Å². The second-order valence-electron chi connectivity index (χ2n) is 8.86. The summed E-state index contributed by atoms with van der Waals surface area (Å²) in [4.78, 5) is 17.0. The van der Waals surface area contributed by atoms with Gasteiger partial charge >= 0.3 is 0 Å². The lowest BCUT2D eigenvalue weighted by molar-refractivity contribution is 0.0950. The van der Waals surface area contributed by atoms with Crippen LogP contribution in [0.2, 0.25) is 0 Å². The Bertz CT molecular complexity index is 1500. The van der Waals surface area contributed by atoms with E-state index in [9.17, 15) is 13.6 Å². The first kappa shape index (κ1) is 23.4. The summed E-state index contributed by atoms with van der Waals surface area (Å²) in [5, 5.41) is 18.4. The monoisotopic (exact) mass is 490 g/mol. The van der Waals surface area contributed by atoms with E-state index in [1.807, 2.05) is 19.1 Å². The zero-order chi connectivity index (χ0) is 25.4. The highest BCUT2D eigenvalue weighted by atomic mass is 19.2. The number of nitrogens with one attached hydrogen (secondary N) is 3. The van der Waals surface area contributed by atoms with Crippen molar-refractivity contribution in [2.24, 2.45) is 0 Å². The van der Waals surface area contributed by atoms with Gasteiger partial charge in [0.2, 0.25) is 5.88 Å². The van der Waals surface area contributed by atoms with Crippen molar-refractivity contribution in [3.05, 3.63) is 71.4 Å². The molecule has 184 valence electrons. The largest absolute Gasteiger partial charge is 0.437 e. The molecule has 1 fully saturated rings. The minimum atomic E-state index is -1.03. The highest BCUT2D eigenvalue weighted by molar-refractivity contribution is 5.96. The third-order valence-corrected chi connectivity index (χ3v) is 5.78. The van der Waals surface area contributed by atoms with Gasteiger partial charge < -0.3 is 20.8 Å². The quantitative estimate of drug-likeness (QED) is 0.298. The van der Waals surface area contributed by atoms with Gasteiger partial charge in [0.05, 0.1) is 24.1 Å². The van der Waals surface area contributed by atoms with Crippen molar-refractivity contribution in [2.45, 2.75) is 32.7 Å². The van der Waals surface area contributed by atoms with Gasteiger partial charge in [0.15, 0.2) is 17.3 Å². The minimum absolute atomic E-state index is 0.0819. The number of amides is 1. The fourth-order valence-electron chi connectivity index (χ4n) is 3.78. The van der Waals surface area contributed by atoms with Crippen LogP contribution < -0.4 is 15.4 Å². The highest BCUT2D eigenvalue weighted by Gasteiger charge is 2.24. The molecule has 10 heteroatoms. The number of benzene rings is 2. The number of anilines is 1. The fraction of sp³-hybridized carbons (Fsp3) is 0.231. The number of rotatable bonds is 8. The molecule has 2 aromatic carbocycles. The maximum atomic E-state index is 13.7.